The van der Waals surface area contributed by atoms with Gasteiger partial charge in [0.2, 0.25) is 5.91 Å². The minimum atomic E-state index is -0.00790. The first-order chi connectivity index (χ1) is 8.17. The monoisotopic (exact) mass is 255 g/mol. The molecule has 1 N–H and O–H groups in total. The number of carbonyl (C=O) groups is 1. The first kappa shape index (κ1) is 13.8. The number of amides is 1. The highest BCUT2D eigenvalue weighted by atomic mass is 35.5. The van der Waals surface area contributed by atoms with E-state index >= 15 is 0 Å². The summed E-state index contributed by atoms with van der Waals surface area (Å²) in [5.74, 6) is 1.58. The lowest BCUT2D eigenvalue weighted by Gasteiger charge is -2.11. The maximum Gasteiger partial charge on any atom is 0.224 e. The van der Waals surface area contributed by atoms with Gasteiger partial charge in [-0.25, -0.2) is 0 Å². The Bertz CT molecular complexity index is 368. The van der Waals surface area contributed by atoms with E-state index < -0.39 is 0 Å². The van der Waals surface area contributed by atoms with Gasteiger partial charge in [-0.15, -0.1) is 11.6 Å². The van der Waals surface area contributed by atoms with Crippen LogP contribution >= 0.6 is 11.6 Å². The third-order valence-electron chi connectivity index (χ3n) is 2.45. The Labute approximate surface area is 107 Å². The summed E-state index contributed by atoms with van der Waals surface area (Å²) < 4.78 is 5.19. The fourth-order valence-electron chi connectivity index (χ4n) is 1.43. The molecule has 0 spiro atoms. The van der Waals surface area contributed by atoms with Crippen molar-refractivity contribution >= 4 is 17.5 Å². The smallest absolute Gasteiger partial charge is 0.224 e. The summed E-state index contributed by atoms with van der Waals surface area (Å²) in [6.45, 7) is 2.61. The predicted molar refractivity (Wildman–Crippen MR) is 69.6 cm³/mol. The Morgan fingerprint density at radius 1 is 1.47 bits per heavy atom. The van der Waals surface area contributed by atoms with Crippen molar-refractivity contribution in [1.29, 1.82) is 0 Å². The largest absolute Gasteiger partial charge is 0.496 e. The molecule has 0 heterocycles. The van der Waals surface area contributed by atoms with Crippen LogP contribution in [0.2, 0.25) is 0 Å². The van der Waals surface area contributed by atoms with Crippen molar-refractivity contribution in [2.75, 3.05) is 19.5 Å². The molecule has 1 aromatic rings. The quantitative estimate of drug-likeness (QED) is 0.792. The third kappa shape index (κ3) is 4.65. The summed E-state index contributed by atoms with van der Waals surface area (Å²) >= 11 is 5.67. The highest BCUT2D eigenvalue weighted by molar-refractivity contribution is 6.18. The molecule has 0 aliphatic rings. The van der Waals surface area contributed by atoms with Gasteiger partial charge in [-0.05, 0) is 12.0 Å². The standard InChI is InChI=1S/C13H18ClNO2/c1-10(8-14)9-15-13(16)7-11-5-3-4-6-12(11)17-2/h3-6,10H,7-9H2,1-2H3,(H,15,16). The van der Waals surface area contributed by atoms with Crippen LogP contribution in [0.5, 0.6) is 5.75 Å². The number of nitrogens with one attached hydrogen (secondary N) is 1. The van der Waals surface area contributed by atoms with Gasteiger partial charge in [0.05, 0.1) is 13.5 Å². The number of hydrogen-bond acceptors (Lipinski definition) is 2. The zero-order valence-electron chi connectivity index (χ0n) is 10.2. The molecule has 1 atom stereocenters. The molecular formula is C13H18ClNO2. The van der Waals surface area contributed by atoms with Crippen LogP contribution < -0.4 is 10.1 Å². The molecule has 1 aromatic carbocycles. The van der Waals surface area contributed by atoms with E-state index in [2.05, 4.69) is 5.32 Å². The maximum atomic E-state index is 11.7. The van der Waals surface area contributed by atoms with Gasteiger partial charge in [0.1, 0.15) is 5.75 Å². The lowest BCUT2D eigenvalue weighted by atomic mass is 10.1. The zero-order valence-corrected chi connectivity index (χ0v) is 11.0. The molecule has 0 aliphatic carbocycles. The second-order valence-electron chi connectivity index (χ2n) is 4.05. The van der Waals surface area contributed by atoms with Crippen LogP contribution in [0.4, 0.5) is 0 Å². The van der Waals surface area contributed by atoms with Gasteiger partial charge in [0.15, 0.2) is 0 Å². The fourth-order valence-corrected chi connectivity index (χ4v) is 1.54. The van der Waals surface area contributed by atoms with Crippen LogP contribution in [0.1, 0.15) is 12.5 Å². The van der Waals surface area contributed by atoms with Crippen molar-refractivity contribution in [3.05, 3.63) is 29.8 Å². The second-order valence-corrected chi connectivity index (χ2v) is 4.36. The molecule has 4 heteroatoms. The number of halogens is 1. The molecule has 0 fully saturated rings. The first-order valence-electron chi connectivity index (χ1n) is 5.62. The molecule has 3 nitrogen and oxygen atoms in total. The summed E-state index contributed by atoms with van der Waals surface area (Å²) in [5.41, 5.74) is 0.894. The topological polar surface area (TPSA) is 38.3 Å². The molecular weight excluding hydrogens is 238 g/mol. The van der Waals surface area contributed by atoms with Gasteiger partial charge >= 0.3 is 0 Å². The number of carbonyl (C=O) groups excluding carboxylic acids is 1. The summed E-state index contributed by atoms with van der Waals surface area (Å²) in [6.07, 6.45) is 0.332. The highest BCUT2D eigenvalue weighted by Crippen LogP contribution is 2.17. The Morgan fingerprint density at radius 3 is 2.82 bits per heavy atom. The normalized spacial score (nSPS) is 11.9. The molecule has 94 valence electrons. The number of benzene rings is 1. The van der Waals surface area contributed by atoms with Gasteiger partial charge in [-0.2, -0.15) is 0 Å². The Hall–Kier alpha value is -1.22. The van der Waals surface area contributed by atoms with Crippen LogP contribution in [0.15, 0.2) is 24.3 Å². The number of alkyl halides is 1. The molecule has 17 heavy (non-hydrogen) atoms. The average molecular weight is 256 g/mol. The number of para-hydroxylation sites is 1. The van der Waals surface area contributed by atoms with Crippen LogP contribution in [0.3, 0.4) is 0 Å². The van der Waals surface area contributed by atoms with E-state index in [0.717, 1.165) is 11.3 Å². The van der Waals surface area contributed by atoms with Crippen LogP contribution in [0.25, 0.3) is 0 Å². The zero-order chi connectivity index (χ0) is 12.7. The van der Waals surface area contributed by atoms with Crippen molar-refractivity contribution in [1.82, 2.24) is 5.32 Å². The van der Waals surface area contributed by atoms with E-state index in [1.807, 2.05) is 31.2 Å². The van der Waals surface area contributed by atoms with E-state index in [1.54, 1.807) is 7.11 Å². The number of ether oxygens (including phenoxy) is 1. The molecule has 0 aliphatic heterocycles. The molecule has 1 rings (SSSR count). The van der Waals surface area contributed by atoms with Crippen molar-refractivity contribution in [2.45, 2.75) is 13.3 Å². The lowest BCUT2D eigenvalue weighted by molar-refractivity contribution is -0.120. The Balaban J connectivity index is 2.50. The molecule has 0 saturated carbocycles. The van der Waals surface area contributed by atoms with Crippen molar-refractivity contribution in [3.63, 3.8) is 0 Å². The van der Waals surface area contributed by atoms with Gasteiger partial charge in [0, 0.05) is 18.0 Å². The molecule has 0 radical (unpaired) electrons. The van der Waals surface area contributed by atoms with Gasteiger partial charge in [-0.3, -0.25) is 4.79 Å². The van der Waals surface area contributed by atoms with Crippen LogP contribution in [-0.4, -0.2) is 25.4 Å². The number of hydrogen-bond donors (Lipinski definition) is 1. The van der Waals surface area contributed by atoms with E-state index in [0.29, 0.717) is 24.8 Å². The fraction of sp³-hybridized carbons (Fsp3) is 0.462. The van der Waals surface area contributed by atoms with Gasteiger partial charge in [-0.1, -0.05) is 25.1 Å². The third-order valence-corrected chi connectivity index (χ3v) is 2.98. The Morgan fingerprint density at radius 2 is 2.18 bits per heavy atom. The van der Waals surface area contributed by atoms with Crippen LogP contribution in [0, 0.1) is 5.92 Å². The maximum absolute atomic E-state index is 11.7. The van der Waals surface area contributed by atoms with Crippen molar-refractivity contribution in [3.8, 4) is 5.75 Å². The summed E-state index contributed by atoms with van der Waals surface area (Å²) in [6, 6.07) is 7.52. The lowest BCUT2D eigenvalue weighted by Crippen LogP contribution is -2.30. The molecule has 0 bridgehead atoms. The van der Waals surface area contributed by atoms with E-state index in [1.165, 1.54) is 0 Å². The molecule has 0 saturated heterocycles. The molecule has 1 amide bonds. The first-order valence-corrected chi connectivity index (χ1v) is 6.15. The minimum absolute atomic E-state index is 0.00790. The SMILES string of the molecule is COc1ccccc1CC(=O)NCC(C)CCl. The minimum Gasteiger partial charge on any atom is -0.496 e. The summed E-state index contributed by atoms with van der Waals surface area (Å²) in [4.78, 5) is 11.7. The van der Waals surface area contributed by atoms with E-state index in [9.17, 15) is 4.79 Å². The van der Waals surface area contributed by atoms with Crippen molar-refractivity contribution < 1.29 is 9.53 Å². The molecule has 1 unspecified atom stereocenters. The highest BCUT2D eigenvalue weighted by Gasteiger charge is 2.08. The van der Waals surface area contributed by atoms with Crippen LogP contribution in [-0.2, 0) is 11.2 Å². The summed E-state index contributed by atoms with van der Waals surface area (Å²) in [7, 11) is 1.60. The van der Waals surface area contributed by atoms with E-state index in [4.69, 9.17) is 16.3 Å². The Kier molecular flexibility index (Phi) is 5.84. The second kappa shape index (κ2) is 7.17. The predicted octanol–water partition coefficient (Wildman–Crippen LogP) is 2.23. The average Bonchev–Trinajstić information content (AvgIpc) is 2.36. The van der Waals surface area contributed by atoms with Gasteiger partial charge in [0.25, 0.3) is 0 Å². The van der Waals surface area contributed by atoms with Gasteiger partial charge < -0.3 is 10.1 Å². The summed E-state index contributed by atoms with van der Waals surface area (Å²) in [5, 5.41) is 2.85. The van der Waals surface area contributed by atoms with Crippen molar-refractivity contribution in [2.24, 2.45) is 5.92 Å². The van der Waals surface area contributed by atoms with E-state index in [-0.39, 0.29) is 5.91 Å². The number of methoxy groups -OCH3 is 1. The molecule has 0 aromatic heterocycles. The number of rotatable bonds is 6.